The second-order valence-corrected chi connectivity index (χ2v) is 7.97. The molecular weight excluding hydrogens is 380 g/mol. The van der Waals surface area contributed by atoms with Crippen LogP contribution in [0.2, 0.25) is 0 Å². The molecule has 0 radical (unpaired) electrons. The number of aryl methyl sites for hydroxylation is 2. The summed E-state index contributed by atoms with van der Waals surface area (Å²) in [6.45, 7) is 5.38. The van der Waals surface area contributed by atoms with E-state index in [4.69, 9.17) is 14.1 Å². The topological polar surface area (TPSA) is 81.4 Å². The van der Waals surface area contributed by atoms with Crippen LogP contribution in [0.5, 0.6) is 0 Å². The Kier molecular flexibility index (Phi) is 4.62. The molecule has 0 N–H and O–H groups in total. The Labute approximate surface area is 175 Å². The summed E-state index contributed by atoms with van der Waals surface area (Å²) in [6, 6.07) is 9.99. The third kappa shape index (κ3) is 3.19. The lowest BCUT2D eigenvalue weighted by atomic mass is 9.83. The lowest BCUT2D eigenvalue weighted by molar-refractivity contribution is -0.0968. The number of hydrogen-bond donors (Lipinski definition) is 0. The Balaban J connectivity index is 1.41. The molecule has 0 saturated carbocycles. The fraction of sp³-hybridized carbons (Fsp3) is 0.391. The summed E-state index contributed by atoms with van der Waals surface area (Å²) in [4.78, 5) is 28.5. The fourth-order valence-corrected chi connectivity index (χ4v) is 4.46. The van der Waals surface area contributed by atoms with Crippen molar-refractivity contribution in [2.75, 3.05) is 19.7 Å². The van der Waals surface area contributed by atoms with Crippen LogP contribution in [0, 0.1) is 13.8 Å². The second-order valence-electron chi connectivity index (χ2n) is 7.97. The first-order chi connectivity index (χ1) is 14.6. The number of oxazole rings is 1. The standard InChI is InChI=1S/C23H24N4O3/c1-15-19(30-16(2)25-15)22(28)27-11-9-23(10-12-27)20-18(8-13-29-23)14-24-21(26-20)17-6-4-3-5-7-17/h3-7,14H,8-13H2,1-2H3. The predicted octanol–water partition coefficient (Wildman–Crippen LogP) is 3.45. The Morgan fingerprint density at radius 2 is 1.87 bits per heavy atom. The molecule has 7 nitrogen and oxygen atoms in total. The molecule has 154 valence electrons. The number of carbonyl (C=O) groups is 1. The van der Waals surface area contributed by atoms with Crippen molar-refractivity contribution in [2.24, 2.45) is 0 Å². The summed E-state index contributed by atoms with van der Waals surface area (Å²) in [7, 11) is 0. The number of hydrogen-bond acceptors (Lipinski definition) is 6. The largest absolute Gasteiger partial charge is 0.436 e. The minimum absolute atomic E-state index is 0.105. The third-order valence-electron chi connectivity index (χ3n) is 6.03. The van der Waals surface area contributed by atoms with Crippen molar-refractivity contribution < 1.29 is 13.9 Å². The maximum Gasteiger partial charge on any atom is 0.291 e. The highest BCUT2D eigenvalue weighted by Crippen LogP contribution is 2.41. The molecule has 0 bridgehead atoms. The molecule has 1 fully saturated rings. The summed E-state index contributed by atoms with van der Waals surface area (Å²) in [5.74, 6) is 1.46. The number of rotatable bonds is 2. The van der Waals surface area contributed by atoms with Gasteiger partial charge in [-0.15, -0.1) is 0 Å². The average Bonchev–Trinajstić information content (AvgIpc) is 3.12. The molecule has 4 heterocycles. The molecule has 0 unspecified atom stereocenters. The zero-order valence-electron chi connectivity index (χ0n) is 17.2. The molecule has 3 aromatic rings. The maximum absolute atomic E-state index is 12.9. The van der Waals surface area contributed by atoms with Gasteiger partial charge in [0.05, 0.1) is 18.0 Å². The van der Waals surface area contributed by atoms with Crippen LogP contribution in [0.1, 0.15) is 46.2 Å². The lowest BCUT2D eigenvalue weighted by Crippen LogP contribution is -2.49. The number of ether oxygens (including phenoxy) is 1. The van der Waals surface area contributed by atoms with E-state index in [9.17, 15) is 4.79 Å². The van der Waals surface area contributed by atoms with Crippen molar-refractivity contribution in [1.82, 2.24) is 19.9 Å². The van der Waals surface area contributed by atoms with Gasteiger partial charge in [0.1, 0.15) is 5.60 Å². The highest BCUT2D eigenvalue weighted by molar-refractivity contribution is 5.92. The third-order valence-corrected chi connectivity index (χ3v) is 6.03. The smallest absolute Gasteiger partial charge is 0.291 e. The first kappa shape index (κ1) is 18.9. The number of nitrogens with zero attached hydrogens (tertiary/aromatic N) is 4. The van der Waals surface area contributed by atoms with E-state index >= 15 is 0 Å². The van der Waals surface area contributed by atoms with E-state index in [1.54, 1.807) is 13.8 Å². The predicted molar refractivity (Wildman–Crippen MR) is 110 cm³/mol. The number of likely N-dealkylation sites (tertiary alicyclic amines) is 1. The van der Waals surface area contributed by atoms with Crippen molar-refractivity contribution in [3.05, 3.63) is 65.1 Å². The minimum atomic E-state index is -0.469. The molecule has 0 atom stereocenters. The summed E-state index contributed by atoms with van der Waals surface area (Å²) in [5, 5.41) is 0. The minimum Gasteiger partial charge on any atom is -0.436 e. The van der Waals surface area contributed by atoms with Crippen LogP contribution in [-0.2, 0) is 16.8 Å². The Hall–Kier alpha value is -3.06. The van der Waals surface area contributed by atoms with E-state index < -0.39 is 5.60 Å². The summed E-state index contributed by atoms with van der Waals surface area (Å²) >= 11 is 0. The highest BCUT2D eigenvalue weighted by atomic mass is 16.5. The van der Waals surface area contributed by atoms with E-state index in [0.29, 0.717) is 55.7 Å². The Morgan fingerprint density at radius 1 is 1.10 bits per heavy atom. The molecule has 7 heteroatoms. The van der Waals surface area contributed by atoms with E-state index in [2.05, 4.69) is 9.97 Å². The molecule has 2 aliphatic heterocycles. The van der Waals surface area contributed by atoms with Gasteiger partial charge in [0.15, 0.2) is 11.7 Å². The van der Waals surface area contributed by atoms with Gasteiger partial charge in [0.25, 0.3) is 5.91 Å². The van der Waals surface area contributed by atoms with Gasteiger partial charge < -0.3 is 14.1 Å². The molecule has 1 spiro atoms. The highest BCUT2D eigenvalue weighted by Gasteiger charge is 2.44. The van der Waals surface area contributed by atoms with Crippen LogP contribution < -0.4 is 0 Å². The van der Waals surface area contributed by atoms with Crippen molar-refractivity contribution in [3.63, 3.8) is 0 Å². The molecular formula is C23H24N4O3. The number of piperidine rings is 1. The van der Waals surface area contributed by atoms with Crippen molar-refractivity contribution >= 4 is 5.91 Å². The fourth-order valence-electron chi connectivity index (χ4n) is 4.46. The maximum atomic E-state index is 12.9. The zero-order chi connectivity index (χ0) is 20.7. The summed E-state index contributed by atoms with van der Waals surface area (Å²) in [6.07, 6.45) is 4.14. The van der Waals surface area contributed by atoms with Crippen molar-refractivity contribution in [3.8, 4) is 11.4 Å². The molecule has 0 aliphatic carbocycles. The average molecular weight is 404 g/mol. The van der Waals surface area contributed by atoms with Gasteiger partial charge in [0, 0.05) is 31.8 Å². The Morgan fingerprint density at radius 3 is 2.57 bits per heavy atom. The molecule has 2 aromatic heterocycles. The Bertz CT molecular complexity index is 1090. The lowest BCUT2D eigenvalue weighted by Gasteiger charge is -2.43. The first-order valence-corrected chi connectivity index (χ1v) is 10.3. The van der Waals surface area contributed by atoms with Gasteiger partial charge in [-0.3, -0.25) is 4.79 Å². The van der Waals surface area contributed by atoms with Crippen LogP contribution in [-0.4, -0.2) is 45.5 Å². The normalized spacial score (nSPS) is 17.7. The monoisotopic (exact) mass is 404 g/mol. The number of benzene rings is 1. The molecule has 1 saturated heterocycles. The van der Waals surface area contributed by atoms with Crippen LogP contribution in [0.15, 0.2) is 40.9 Å². The number of amides is 1. The van der Waals surface area contributed by atoms with Crippen LogP contribution in [0.4, 0.5) is 0 Å². The van der Waals surface area contributed by atoms with E-state index in [1.165, 1.54) is 0 Å². The first-order valence-electron chi connectivity index (χ1n) is 10.3. The zero-order valence-corrected chi connectivity index (χ0v) is 17.2. The van der Waals surface area contributed by atoms with Crippen LogP contribution in [0.3, 0.4) is 0 Å². The van der Waals surface area contributed by atoms with Gasteiger partial charge in [-0.05, 0) is 31.7 Å². The molecule has 30 heavy (non-hydrogen) atoms. The number of fused-ring (bicyclic) bond motifs is 2. The van der Waals surface area contributed by atoms with Crippen LogP contribution >= 0.6 is 0 Å². The van der Waals surface area contributed by atoms with Gasteiger partial charge >= 0.3 is 0 Å². The SMILES string of the molecule is Cc1nc(C)c(C(=O)N2CCC3(CC2)OCCc2cnc(-c4ccccc4)nc23)o1. The van der Waals surface area contributed by atoms with Gasteiger partial charge in [-0.25, -0.2) is 15.0 Å². The molecule has 5 rings (SSSR count). The van der Waals surface area contributed by atoms with Crippen molar-refractivity contribution in [2.45, 2.75) is 38.7 Å². The van der Waals surface area contributed by atoms with Gasteiger partial charge in [0.2, 0.25) is 5.76 Å². The summed E-state index contributed by atoms with van der Waals surface area (Å²) < 4.78 is 11.9. The number of aromatic nitrogens is 3. The van der Waals surface area contributed by atoms with Crippen LogP contribution in [0.25, 0.3) is 11.4 Å². The van der Waals surface area contributed by atoms with Gasteiger partial charge in [-0.1, -0.05) is 30.3 Å². The summed E-state index contributed by atoms with van der Waals surface area (Å²) in [5.41, 5.74) is 3.27. The van der Waals surface area contributed by atoms with Gasteiger partial charge in [-0.2, -0.15) is 0 Å². The van der Waals surface area contributed by atoms with E-state index in [0.717, 1.165) is 23.2 Å². The molecule has 1 amide bonds. The molecule has 2 aliphatic rings. The van der Waals surface area contributed by atoms with Crippen molar-refractivity contribution in [1.29, 1.82) is 0 Å². The number of carbonyl (C=O) groups excluding carboxylic acids is 1. The molecule has 1 aromatic carbocycles. The van der Waals surface area contributed by atoms with E-state index in [-0.39, 0.29) is 5.91 Å². The quantitative estimate of drug-likeness (QED) is 0.651. The van der Waals surface area contributed by atoms with E-state index in [1.807, 2.05) is 41.4 Å². The second kappa shape index (κ2) is 7.32.